The minimum atomic E-state index is -4.64. The van der Waals surface area contributed by atoms with Gasteiger partial charge in [-0.3, -0.25) is 5.43 Å². The van der Waals surface area contributed by atoms with Crippen molar-refractivity contribution in [3.8, 4) is 0 Å². The van der Waals surface area contributed by atoms with Gasteiger partial charge in [-0.05, 0) is 29.2 Å². The summed E-state index contributed by atoms with van der Waals surface area (Å²) < 4.78 is 48.6. The Morgan fingerprint density at radius 1 is 1.38 bits per heavy atom. The lowest BCUT2D eigenvalue weighted by Crippen LogP contribution is -2.11. The van der Waals surface area contributed by atoms with Crippen LogP contribution >= 0.6 is 0 Å². The zero-order valence-corrected chi connectivity index (χ0v) is 12.9. The second-order valence-corrected chi connectivity index (χ2v) is 6.42. The van der Waals surface area contributed by atoms with Crippen LogP contribution in [0.2, 0.25) is 0 Å². The second-order valence-electron chi connectivity index (χ2n) is 4.50. The number of halogens is 2. The maximum atomic E-state index is 12.4. The van der Waals surface area contributed by atoms with Crippen molar-refractivity contribution in [2.24, 2.45) is 12.1 Å². The monoisotopic (exact) mass is 359 g/mol. The summed E-state index contributed by atoms with van der Waals surface area (Å²) in [4.78, 5) is 13.1. The number of rotatable bonds is 6. The van der Waals surface area contributed by atoms with Gasteiger partial charge in [-0.1, -0.05) is 4.98 Å². The van der Waals surface area contributed by atoms with Gasteiger partial charge in [0, 0.05) is 0 Å². The number of imidazole rings is 1. The summed E-state index contributed by atoms with van der Waals surface area (Å²) in [6.45, 7) is 0. The molecule has 0 aliphatic carbocycles. The Morgan fingerprint density at radius 3 is 2.50 bits per heavy atom. The summed E-state index contributed by atoms with van der Waals surface area (Å²) in [6.07, 6.45) is 2.52. The van der Waals surface area contributed by atoms with Gasteiger partial charge in [-0.15, -0.1) is 0 Å². The van der Waals surface area contributed by atoms with E-state index in [0.29, 0.717) is 11.4 Å². The zero-order valence-electron chi connectivity index (χ0n) is 12.1. The molecule has 2 aromatic rings. The van der Waals surface area contributed by atoms with E-state index in [-0.39, 0.29) is 5.95 Å². The number of aromatic nitrogens is 2. The highest BCUT2D eigenvalue weighted by molar-refractivity contribution is 7.91. The fourth-order valence-electron chi connectivity index (χ4n) is 1.70. The molecule has 0 radical (unpaired) electrons. The molecule has 24 heavy (non-hydrogen) atoms. The Hall–Kier alpha value is -2.89. The molecule has 0 bridgehead atoms. The number of benzene rings is 1. The van der Waals surface area contributed by atoms with E-state index in [4.69, 9.17) is 0 Å². The van der Waals surface area contributed by atoms with Crippen molar-refractivity contribution in [1.82, 2.24) is 9.55 Å². The lowest BCUT2D eigenvalue weighted by Gasteiger charge is -2.04. The second kappa shape index (κ2) is 6.70. The van der Waals surface area contributed by atoms with Crippen LogP contribution in [0.15, 0.2) is 40.5 Å². The van der Waals surface area contributed by atoms with Crippen LogP contribution in [-0.2, 0) is 16.9 Å². The molecule has 0 fully saturated rings. The number of sulfone groups is 1. The fourth-order valence-corrected chi connectivity index (χ4v) is 2.42. The molecule has 1 aromatic heterocycles. The third-order valence-corrected chi connectivity index (χ3v) is 4.37. The maximum absolute atomic E-state index is 12.4. The molecule has 0 atom stereocenters. The highest BCUT2D eigenvalue weighted by Crippen LogP contribution is 2.20. The summed E-state index contributed by atoms with van der Waals surface area (Å²) in [7, 11) is -3.20. The fraction of sp³-hybridized carbons (Fsp3) is 0.167. The Kier molecular flexibility index (Phi) is 4.87. The van der Waals surface area contributed by atoms with E-state index in [1.165, 1.54) is 36.2 Å². The van der Waals surface area contributed by atoms with E-state index in [0.717, 1.165) is 12.1 Å². The van der Waals surface area contributed by atoms with Crippen LogP contribution in [0.25, 0.3) is 0 Å². The summed E-state index contributed by atoms with van der Waals surface area (Å²) in [5.74, 6) is -3.84. The highest BCUT2D eigenvalue weighted by Gasteiger charge is 2.26. The molecule has 1 N–H and O–H groups in total. The molecule has 128 valence electrons. The SMILES string of the molecule is Cn1c(/C=N/Nc2ccc(S(=O)(=O)C(F)F)cc2)cnc1[N+](=O)[O-]. The minimum absolute atomic E-state index is 0.344. The van der Waals surface area contributed by atoms with Gasteiger partial charge in [-0.25, -0.2) is 13.0 Å². The van der Waals surface area contributed by atoms with Crippen molar-refractivity contribution >= 4 is 27.7 Å². The molecule has 1 aromatic carbocycles. The van der Waals surface area contributed by atoms with E-state index >= 15 is 0 Å². The van der Waals surface area contributed by atoms with E-state index in [1.807, 2.05) is 0 Å². The van der Waals surface area contributed by atoms with Crippen molar-refractivity contribution in [3.63, 3.8) is 0 Å². The first-order valence-electron chi connectivity index (χ1n) is 6.31. The number of hydrazone groups is 1. The summed E-state index contributed by atoms with van der Waals surface area (Å²) >= 11 is 0. The van der Waals surface area contributed by atoms with Crippen molar-refractivity contribution in [3.05, 3.63) is 46.3 Å². The Bertz CT molecular complexity index is 877. The third kappa shape index (κ3) is 3.53. The molecule has 1 heterocycles. The van der Waals surface area contributed by atoms with Crippen molar-refractivity contribution in [2.45, 2.75) is 10.7 Å². The molecule has 0 unspecified atom stereocenters. The van der Waals surface area contributed by atoms with E-state index in [9.17, 15) is 27.3 Å². The van der Waals surface area contributed by atoms with Gasteiger partial charge in [0.25, 0.3) is 0 Å². The molecule has 0 aliphatic rings. The highest BCUT2D eigenvalue weighted by atomic mass is 32.2. The molecule has 0 amide bonds. The summed E-state index contributed by atoms with van der Waals surface area (Å²) in [5.41, 5.74) is 3.24. The van der Waals surface area contributed by atoms with Crippen molar-refractivity contribution in [1.29, 1.82) is 0 Å². The van der Waals surface area contributed by atoms with Gasteiger partial charge in [-0.2, -0.15) is 13.9 Å². The average Bonchev–Trinajstić information content (AvgIpc) is 2.89. The zero-order chi connectivity index (χ0) is 17.9. The first kappa shape index (κ1) is 17.5. The van der Waals surface area contributed by atoms with Crippen molar-refractivity contribution < 1.29 is 22.1 Å². The van der Waals surface area contributed by atoms with Crippen LogP contribution in [-0.4, -0.2) is 34.9 Å². The molecule has 9 nitrogen and oxygen atoms in total. The van der Waals surface area contributed by atoms with Gasteiger partial charge >= 0.3 is 11.7 Å². The minimum Gasteiger partial charge on any atom is -0.390 e. The average molecular weight is 359 g/mol. The summed E-state index contributed by atoms with van der Waals surface area (Å²) in [5, 5.41) is 14.5. The van der Waals surface area contributed by atoms with Crippen LogP contribution in [0, 0.1) is 10.1 Å². The van der Waals surface area contributed by atoms with E-state index in [2.05, 4.69) is 15.5 Å². The molecule has 12 heteroatoms. The molecule has 0 spiro atoms. The Balaban J connectivity index is 2.09. The van der Waals surface area contributed by atoms with E-state index < -0.39 is 25.4 Å². The number of anilines is 1. The summed E-state index contributed by atoms with van der Waals surface area (Å²) in [6, 6.07) is 4.57. The Morgan fingerprint density at radius 2 is 2.00 bits per heavy atom. The first-order valence-corrected chi connectivity index (χ1v) is 7.85. The number of nitrogens with one attached hydrogen (secondary N) is 1. The number of hydrogen-bond acceptors (Lipinski definition) is 7. The van der Waals surface area contributed by atoms with E-state index in [1.54, 1.807) is 0 Å². The molecule has 2 rings (SSSR count). The van der Waals surface area contributed by atoms with Gasteiger partial charge < -0.3 is 10.1 Å². The molecular weight excluding hydrogens is 348 g/mol. The standard InChI is InChI=1S/C12H11F2N5O4S/c1-18-9(6-15-12(18)19(20)21)7-16-17-8-2-4-10(5-3-8)24(22,23)11(13)14/h2-7,11,17H,1H3/b16-7+. The van der Waals surface area contributed by atoms with Gasteiger partial charge in [0.2, 0.25) is 9.84 Å². The number of nitro groups is 1. The van der Waals surface area contributed by atoms with Crippen LogP contribution in [0.4, 0.5) is 20.4 Å². The predicted octanol–water partition coefficient (Wildman–Crippen LogP) is 1.77. The molecule has 0 saturated heterocycles. The lowest BCUT2D eigenvalue weighted by atomic mass is 10.3. The van der Waals surface area contributed by atoms with Gasteiger partial charge in [0.05, 0.1) is 23.8 Å². The number of hydrogen-bond donors (Lipinski definition) is 1. The third-order valence-electron chi connectivity index (χ3n) is 2.97. The number of alkyl halides is 2. The molecule has 0 saturated carbocycles. The van der Waals surface area contributed by atoms with Crippen molar-refractivity contribution in [2.75, 3.05) is 5.43 Å². The topological polar surface area (TPSA) is 119 Å². The maximum Gasteiger partial charge on any atom is 0.434 e. The van der Waals surface area contributed by atoms with Crippen LogP contribution < -0.4 is 5.43 Å². The quantitative estimate of drug-likeness (QED) is 0.477. The molecular formula is C12H11F2N5O4S. The van der Waals surface area contributed by atoms with Gasteiger partial charge in [0.15, 0.2) is 5.69 Å². The van der Waals surface area contributed by atoms with Crippen LogP contribution in [0.5, 0.6) is 0 Å². The Labute approximate surface area is 134 Å². The molecule has 0 aliphatic heterocycles. The van der Waals surface area contributed by atoms with Crippen LogP contribution in [0.3, 0.4) is 0 Å². The predicted molar refractivity (Wildman–Crippen MR) is 80.7 cm³/mol. The lowest BCUT2D eigenvalue weighted by molar-refractivity contribution is -0.396. The van der Waals surface area contributed by atoms with Gasteiger partial charge in [0.1, 0.15) is 6.20 Å². The van der Waals surface area contributed by atoms with Crippen LogP contribution in [0.1, 0.15) is 5.69 Å². The smallest absolute Gasteiger partial charge is 0.390 e. The largest absolute Gasteiger partial charge is 0.434 e. The number of nitrogens with zero attached hydrogens (tertiary/aromatic N) is 4. The normalized spacial score (nSPS) is 12.0. The first-order chi connectivity index (χ1) is 11.2.